The molecular formula is C27H28FN3O3. The number of halogens is 1. The van der Waals surface area contributed by atoms with Crippen molar-refractivity contribution >= 4 is 6.09 Å². The first-order valence-corrected chi connectivity index (χ1v) is 11.5. The van der Waals surface area contributed by atoms with Gasteiger partial charge in [-0.1, -0.05) is 42.5 Å². The number of pyridine rings is 1. The van der Waals surface area contributed by atoms with Crippen molar-refractivity contribution in [3.8, 4) is 17.0 Å². The lowest BCUT2D eigenvalue weighted by atomic mass is 9.96. The van der Waals surface area contributed by atoms with Crippen LogP contribution in [-0.2, 0) is 16.9 Å². The molecule has 1 saturated heterocycles. The van der Waals surface area contributed by atoms with Crippen LogP contribution in [0.5, 0.6) is 5.88 Å². The van der Waals surface area contributed by atoms with Crippen molar-refractivity contribution in [3.05, 3.63) is 83.8 Å². The van der Waals surface area contributed by atoms with E-state index >= 15 is 0 Å². The number of piperidine rings is 1. The molecule has 6 nitrogen and oxygen atoms in total. The first-order valence-electron chi connectivity index (χ1n) is 11.5. The number of fused-ring (bicyclic) bond motifs is 1. The van der Waals surface area contributed by atoms with Crippen LogP contribution in [0, 0.1) is 17.7 Å². The third-order valence-electron chi connectivity index (χ3n) is 6.52. The normalized spacial score (nSPS) is 21.0. The fourth-order valence-corrected chi connectivity index (χ4v) is 4.45. The minimum atomic E-state index is -0.830. The number of hydrogen-bond donors (Lipinski definition) is 2. The molecule has 0 radical (unpaired) electrons. The van der Waals surface area contributed by atoms with Gasteiger partial charge in [-0.15, -0.1) is 0 Å². The molecule has 5 rings (SSSR count). The molecule has 34 heavy (non-hydrogen) atoms. The highest BCUT2D eigenvalue weighted by Crippen LogP contribution is 2.44. The zero-order valence-electron chi connectivity index (χ0n) is 19.3. The van der Waals surface area contributed by atoms with E-state index in [-0.39, 0.29) is 18.5 Å². The summed E-state index contributed by atoms with van der Waals surface area (Å²) in [5.41, 5.74) is 2.39. The number of rotatable bonds is 7. The van der Waals surface area contributed by atoms with E-state index < -0.39 is 11.6 Å². The topological polar surface area (TPSA) is 72.5 Å². The van der Waals surface area contributed by atoms with Gasteiger partial charge in [-0.3, -0.25) is 0 Å². The standard InChI is InChI=1S/C27H28FN3O3/c1-27(2,31-26(32)33-16-17-6-4-3-5-7-17)23-12-19(18-8-10-20(28)11-9-18)13-24(30-23)34-25-21-14-29-15-22(21)25/h3-13,21-22,25,29H,14-16H2,1-2H3,(H,31,32)/t21-,22+,25?. The summed E-state index contributed by atoms with van der Waals surface area (Å²) >= 11 is 0. The molecule has 1 saturated carbocycles. The van der Waals surface area contributed by atoms with Crippen LogP contribution in [0.25, 0.3) is 11.1 Å². The van der Waals surface area contributed by atoms with Crippen molar-refractivity contribution in [2.45, 2.75) is 32.1 Å². The van der Waals surface area contributed by atoms with E-state index in [1.165, 1.54) is 12.1 Å². The molecule has 0 spiro atoms. The maximum absolute atomic E-state index is 13.5. The molecule has 0 bridgehead atoms. The van der Waals surface area contributed by atoms with E-state index in [0.29, 0.717) is 23.4 Å². The Bertz CT molecular complexity index is 1160. The van der Waals surface area contributed by atoms with E-state index in [4.69, 9.17) is 14.5 Å². The molecule has 2 N–H and O–H groups in total. The molecule has 1 aliphatic carbocycles. The number of carbonyl (C=O) groups excluding carboxylic acids is 1. The van der Waals surface area contributed by atoms with Gasteiger partial charge in [0, 0.05) is 31.0 Å². The van der Waals surface area contributed by atoms with Crippen molar-refractivity contribution in [1.29, 1.82) is 0 Å². The Morgan fingerprint density at radius 3 is 2.47 bits per heavy atom. The Kier molecular flexibility index (Phi) is 5.96. The van der Waals surface area contributed by atoms with E-state index in [1.54, 1.807) is 12.1 Å². The van der Waals surface area contributed by atoms with Crippen LogP contribution >= 0.6 is 0 Å². The first kappa shape index (κ1) is 22.3. The Hall–Kier alpha value is -3.45. The Balaban J connectivity index is 1.36. The molecule has 1 amide bonds. The van der Waals surface area contributed by atoms with Crippen LogP contribution in [0.15, 0.2) is 66.7 Å². The van der Waals surface area contributed by atoms with E-state index in [1.807, 2.05) is 56.3 Å². The predicted molar refractivity (Wildman–Crippen MR) is 127 cm³/mol. The quantitative estimate of drug-likeness (QED) is 0.536. The maximum atomic E-state index is 13.5. The maximum Gasteiger partial charge on any atom is 0.408 e. The van der Waals surface area contributed by atoms with Gasteiger partial charge in [-0.05, 0) is 48.7 Å². The zero-order chi connectivity index (χ0) is 23.7. The van der Waals surface area contributed by atoms with Crippen molar-refractivity contribution in [1.82, 2.24) is 15.6 Å². The molecule has 176 valence electrons. The van der Waals surface area contributed by atoms with Crippen molar-refractivity contribution in [3.63, 3.8) is 0 Å². The Labute approximate surface area is 198 Å². The van der Waals surface area contributed by atoms with E-state index in [2.05, 4.69) is 10.6 Å². The van der Waals surface area contributed by atoms with Crippen molar-refractivity contribution in [2.24, 2.45) is 11.8 Å². The fourth-order valence-electron chi connectivity index (χ4n) is 4.45. The van der Waals surface area contributed by atoms with Gasteiger partial charge in [0.25, 0.3) is 0 Å². The number of benzene rings is 2. The average molecular weight is 462 g/mol. The monoisotopic (exact) mass is 461 g/mol. The molecule has 1 aliphatic heterocycles. The van der Waals surface area contributed by atoms with Gasteiger partial charge in [-0.25, -0.2) is 14.2 Å². The van der Waals surface area contributed by atoms with Gasteiger partial charge < -0.3 is 20.1 Å². The summed E-state index contributed by atoms with van der Waals surface area (Å²) < 4.78 is 25.2. The molecule has 1 aromatic heterocycles. The van der Waals surface area contributed by atoms with Gasteiger partial charge in [0.15, 0.2) is 0 Å². The van der Waals surface area contributed by atoms with Crippen LogP contribution in [-0.4, -0.2) is 30.3 Å². The smallest absolute Gasteiger partial charge is 0.408 e. The number of amides is 1. The fraction of sp³-hybridized carbons (Fsp3) is 0.333. The summed E-state index contributed by atoms with van der Waals surface area (Å²) in [7, 11) is 0. The second-order valence-electron chi connectivity index (χ2n) is 9.47. The number of aromatic nitrogens is 1. The number of nitrogens with zero attached hydrogens (tertiary/aromatic N) is 1. The summed E-state index contributed by atoms with van der Waals surface area (Å²) in [6, 6.07) is 19.6. The molecule has 2 fully saturated rings. The Morgan fingerprint density at radius 2 is 1.76 bits per heavy atom. The zero-order valence-corrected chi connectivity index (χ0v) is 19.3. The largest absolute Gasteiger partial charge is 0.474 e. The third-order valence-corrected chi connectivity index (χ3v) is 6.52. The lowest BCUT2D eigenvalue weighted by molar-refractivity contribution is 0.129. The van der Waals surface area contributed by atoms with Crippen molar-refractivity contribution < 1.29 is 18.7 Å². The minimum Gasteiger partial charge on any atom is -0.474 e. The van der Waals surface area contributed by atoms with Gasteiger partial charge in [-0.2, -0.15) is 0 Å². The summed E-state index contributed by atoms with van der Waals surface area (Å²) in [6.07, 6.45) is -0.384. The lowest BCUT2D eigenvalue weighted by Crippen LogP contribution is -2.42. The number of hydrogen-bond acceptors (Lipinski definition) is 5. The molecule has 1 unspecified atom stereocenters. The Morgan fingerprint density at radius 1 is 1.06 bits per heavy atom. The van der Waals surface area contributed by atoms with Crippen molar-refractivity contribution in [2.75, 3.05) is 13.1 Å². The number of nitrogens with one attached hydrogen (secondary N) is 2. The first-order chi connectivity index (χ1) is 16.4. The highest BCUT2D eigenvalue weighted by atomic mass is 19.1. The summed E-state index contributed by atoms with van der Waals surface area (Å²) in [6.45, 7) is 5.83. The third kappa shape index (κ3) is 4.89. The van der Waals surface area contributed by atoms with Crippen LogP contribution in [0.3, 0.4) is 0 Å². The predicted octanol–water partition coefficient (Wildman–Crippen LogP) is 4.65. The average Bonchev–Trinajstić information content (AvgIpc) is 3.23. The minimum absolute atomic E-state index is 0.150. The van der Waals surface area contributed by atoms with Crippen LogP contribution in [0.1, 0.15) is 25.1 Å². The number of ether oxygens (including phenoxy) is 2. The van der Waals surface area contributed by atoms with Gasteiger partial charge in [0.2, 0.25) is 5.88 Å². The van der Waals surface area contributed by atoms with Gasteiger partial charge in [0.05, 0.1) is 11.2 Å². The van der Waals surface area contributed by atoms with Crippen LogP contribution in [0.2, 0.25) is 0 Å². The summed E-state index contributed by atoms with van der Waals surface area (Å²) in [4.78, 5) is 17.3. The molecule has 7 heteroatoms. The number of carbonyl (C=O) groups is 1. The SMILES string of the molecule is CC(C)(NC(=O)OCc1ccccc1)c1cc(-c2ccc(F)cc2)cc(OC2[C@H]3CNC[C@@H]23)n1. The van der Waals surface area contributed by atoms with Crippen LogP contribution < -0.4 is 15.4 Å². The van der Waals surface area contributed by atoms with Crippen LogP contribution in [0.4, 0.5) is 9.18 Å². The summed E-state index contributed by atoms with van der Waals surface area (Å²) in [5.74, 6) is 1.23. The second kappa shape index (κ2) is 9.06. The second-order valence-corrected chi connectivity index (χ2v) is 9.47. The number of alkyl carbamates (subject to hydrolysis) is 1. The molecular weight excluding hydrogens is 433 g/mol. The van der Waals surface area contributed by atoms with E-state index in [0.717, 1.165) is 29.8 Å². The lowest BCUT2D eigenvalue weighted by Gasteiger charge is -2.26. The summed E-state index contributed by atoms with van der Waals surface area (Å²) in [5, 5.41) is 6.28. The van der Waals surface area contributed by atoms with Gasteiger partial charge in [0.1, 0.15) is 18.5 Å². The van der Waals surface area contributed by atoms with Gasteiger partial charge >= 0.3 is 6.09 Å². The van der Waals surface area contributed by atoms with E-state index in [9.17, 15) is 9.18 Å². The highest BCUT2D eigenvalue weighted by Gasteiger charge is 2.55. The molecule has 2 heterocycles. The molecule has 2 aliphatic rings. The molecule has 2 aromatic carbocycles. The molecule has 3 atom stereocenters. The molecule has 3 aromatic rings. The highest BCUT2D eigenvalue weighted by molar-refractivity contribution is 5.69.